The lowest BCUT2D eigenvalue weighted by atomic mass is 10.1. The fourth-order valence-corrected chi connectivity index (χ4v) is 1.82. The first-order chi connectivity index (χ1) is 8.20. The summed E-state index contributed by atoms with van der Waals surface area (Å²) in [5.41, 5.74) is 0.934. The van der Waals surface area contributed by atoms with Crippen molar-refractivity contribution in [3.8, 4) is 11.3 Å². The van der Waals surface area contributed by atoms with Crippen LogP contribution in [-0.4, -0.2) is 21.7 Å². The smallest absolute Gasteiger partial charge is 0.132 e. The van der Waals surface area contributed by atoms with Gasteiger partial charge in [-0.1, -0.05) is 15.9 Å². The van der Waals surface area contributed by atoms with E-state index in [4.69, 9.17) is 5.11 Å². The van der Waals surface area contributed by atoms with Crippen molar-refractivity contribution in [1.82, 2.24) is 9.97 Å². The van der Waals surface area contributed by atoms with Gasteiger partial charge in [-0.05, 0) is 24.3 Å². The zero-order valence-electron chi connectivity index (χ0n) is 8.90. The van der Waals surface area contributed by atoms with Gasteiger partial charge in [0.25, 0.3) is 0 Å². The first-order valence-corrected chi connectivity index (χ1v) is 5.88. The highest BCUT2D eigenvalue weighted by molar-refractivity contribution is 9.10. The van der Waals surface area contributed by atoms with Crippen LogP contribution in [0.5, 0.6) is 0 Å². The minimum absolute atomic E-state index is 0.0234. The second-order valence-electron chi connectivity index (χ2n) is 3.46. The number of halogens is 2. The van der Waals surface area contributed by atoms with Crippen LogP contribution in [0.4, 0.5) is 4.39 Å². The molecule has 3 nitrogen and oxygen atoms in total. The number of aliphatic hydroxyl groups is 1. The van der Waals surface area contributed by atoms with Crippen LogP contribution in [0.25, 0.3) is 11.3 Å². The number of hydrogen-bond acceptors (Lipinski definition) is 3. The molecule has 1 aromatic carbocycles. The van der Waals surface area contributed by atoms with Gasteiger partial charge in [-0.15, -0.1) is 0 Å². The molecule has 0 bridgehead atoms. The topological polar surface area (TPSA) is 46.0 Å². The normalized spacial score (nSPS) is 10.5. The molecule has 1 N–H and O–H groups in total. The molecule has 0 aliphatic rings. The van der Waals surface area contributed by atoms with Gasteiger partial charge in [0.1, 0.15) is 11.6 Å². The van der Waals surface area contributed by atoms with Crippen molar-refractivity contribution in [2.75, 3.05) is 6.61 Å². The molecule has 0 saturated carbocycles. The van der Waals surface area contributed by atoms with Crippen LogP contribution >= 0.6 is 15.9 Å². The van der Waals surface area contributed by atoms with Gasteiger partial charge in [-0.2, -0.15) is 0 Å². The minimum atomic E-state index is -0.332. The van der Waals surface area contributed by atoms with Gasteiger partial charge in [-0.25, -0.2) is 14.4 Å². The molecule has 1 aromatic heterocycles. The summed E-state index contributed by atoms with van der Waals surface area (Å²) in [5.74, 6) is 0.172. The van der Waals surface area contributed by atoms with Crippen molar-refractivity contribution in [3.05, 3.63) is 46.6 Å². The van der Waals surface area contributed by atoms with Crippen LogP contribution in [0.3, 0.4) is 0 Å². The molecule has 0 amide bonds. The Bertz CT molecular complexity index is 534. The highest BCUT2D eigenvalue weighted by Crippen LogP contribution is 2.24. The molecular weight excluding hydrogens is 287 g/mol. The molecule has 0 spiro atoms. The Morgan fingerprint density at radius 2 is 2.12 bits per heavy atom. The second-order valence-corrected chi connectivity index (χ2v) is 4.37. The van der Waals surface area contributed by atoms with Gasteiger partial charge in [-0.3, -0.25) is 0 Å². The Morgan fingerprint density at radius 1 is 1.29 bits per heavy atom. The molecule has 0 fully saturated rings. The molecule has 0 aliphatic heterocycles. The van der Waals surface area contributed by atoms with E-state index >= 15 is 0 Å². The Labute approximate surface area is 106 Å². The zero-order chi connectivity index (χ0) is 12.3. The van der Waals surface area contributed by atoms with Crippen molar-refractivity contribution in [3.63, 3.8) is 0 Å². The summed E-state index contributed by atoms with van der Waals surface area (Å²) < 4.78 is 14.4. The van der Waals surface area contributed by atoms with E-state index in [0.717, 1.165) is 4.47 Å². The molecule has 1 heterocycles. The highest BCUT2D eigenvalue weighted by atomic mass is 79.9. The van der Waals surface area contributed by atoms with Crippen LogP contribution in [0.15, 0.2) is 34.9 Å². The van der Waals surface area contributed by atoms with Crippen LogP contribution < -0.4 is 0 Å². The summed E-state index contributed by atoms with van der Waals surface area (Å²) in [7, 11) is 0. The summed E-state index contributed by atoms with van der Waals surface area (Å²) in [6, 6.07) is 6.33. The molecule has 2 aromatic rings. The SMILES string of the molecule is OCCc1nccc(-c2cc(Br)ccc2F)n1. The van der Waals surface area contributed by atoms with Gasteiger partial charge in [0.2, 0.25) is 0 Å². The summed E-state index contributed by atoms with van der Waals surface area (Å²) in [6.45, 7) is -0.0234. The first kappa shape index (κ1) is 12.1. The van der Waals surface area contributed by atoms with Gasteiger partial charge < -0.3 is 5.11 Å². The molecular formula is C12H10BrFN2O. The fraction of sp³-hybridized carbons (Fsp3) is 0.167. The van der Waals surface area contributed by atoms with Crippen molar-refractivity contribution in [2.24, 2.45) is 0 Å². The first-order valence-electron chi connectivity index (χ1n) is 5.09. The molecule has 5 heteroatoms. The monoisotopic (exact) mass is 296 g/mol. The third-order valence-electron chi connectivity index (χ3n) is 2.25. The van der Waals surface area contributed by atoms with Crippen LogP contribution in [0.1, 0.15) is 5.82 Å². The van der Waals surface area contributed by atoms with E-state index in [1.807, 2.05) is 0 Å². The number of aromatic nitrogens is 2. The van der Waals surface area contributed by atoms with E-state index in [2.05, 4.69) is 25.9 Å². The molecule has 88 valence electrons. The van der Waals surface area contributed by atoms with Gasteiger partial charge in [0.15, 0.2) is 0 Å². The lowest BCUT2D eigenvalue weighted by Gasteiger charge is -2.05. The number of hydrogen-bond donors (Lipinski definition) is 1. The minimum Gasteiger partial charge on any atom is -0.396 e. The summed E-state index contributed by atoms with van der Waals surface area (Å²) in [6.07, 6.45) is 1.93. The summed E-state index contributed by atoms with van der Waals surface area (Å²) >= 11 is 3.29. The van der Waals surface area contributed by atoms with Crippen molar-refractivity contribution >= 4 is 15.9 Å². The lowest BCUT2D eigenvalue weighted by Crippen LogP contribution is -2.00. The van der Waals surface area contributed by atoms with E-state index in [1.165, 1.54) is 6.07 Å². The van der Waals surface area contributed by atoms with E-state index < -0.39 is 0 Å². The predicted octanol–water partition coefficient (Wildman–Crippen LogP) is 2.58. The zero-order valence-corrected chi connectivity index (χ0v) is 10.5. The predicted molar refractivity (Wildman–Crippen MR) is 65.9 cm³/mol. The van der Waals surface area contributed by atoms with Crippen LogP contribution in [0, 0.1) is 5.82 Å². The van der Waals surface area contributed by atoms with Crippen LogP contribution in [-0.2, 0) is 6.42 Å². The molecule has 0 unspecified atom stereocenters. The molecule has 0 atom stereocenters. The van der Waals surface area contributed by atoms with E-state index in [0.29, 0.717) is 23.5 Å². The quantitative estimate of drug-likeness (QED) is 0.947. The Kier molecular flexibility index (Phi) is 3.81. The number of rotatable bonds is 3. The lowest BCUT2D eigenvalue weighted by molar-refractivity contribution is 0.296. The largest absolute Gasteiger partial charge is 0.396 e. The fourth-order valence-electron chi connectivity index (χ4n) is 1.46. The maximum Gasteiger partial charge on any atom is 0.132 e. The molecule has 17 heavy (non-hydrogen) atoms. The molecule has 0 radical (unpaired) electrons. The van der Waals surface area contributed by atoms with E-state index in [9.17, 15) is 4.39 Å². The Balaban J connectivity index is 2.45. The third-order valence-corrected chi connectivity index (χ3v) is 2.74. The Hall–Kier alpha value is -1.33. The van der Waals surface area contributed by atoms with Gasteiger partial charge in [0, 0.05) is 22.7 Å². The number of benzene rings is 1. The van der Waals surface area contributed by atoms with Gasteiger partial charge >= 0.3 is 0 Å². The summed E-state index contributed by atoms with van der Waals surface area (Å²) in [5, 5.41) is 8.82. The van der Waals surface area contributed by atoms with Crippen molar-refractivity contribution in [1.29, 1.82) is 0 Å². The van der Waals surface area contributed by atoms with Crippen molar-refractivity contribution in [2.45, 2.75) is 6.42 Å². The average molecular weight is 297 g/mol. The third kappa shape index (κ3) is 2.87. The standard InChI is InChI=1S/C12H10BrFN2O/c13-8-1-2-10(14)9(7-8)11-3-5-15-12(16-11)4-6-17/h1-3,5,7,17H,4,6H2. The maximum absolute atomic E-state index is 13.6. The average Bonchev–Trinajstić information content (AvgIpc) is 2.33. The second kappa shape index (κ2) is 5.33. The molecule has 0 saturated heterocycles. The summed E-state index contributed by atoms with van der Waals surface area (Å²) in [4.78, 5) is 8.20. The van der Waals surface area contributed by atoms with E-state index in [-0.39, 0.29) is 12.4 Å². The van der Waals surface area contributed by atoms with Crippen LogP contribution in [0.2, 0.25) is 0 Å². The number of aliphatic hydroxyl groups excluding tert-OH is 1. The Morgan fingerprint density at radius 3 is 2.88 bits per heavy atom. The van der Waals surface area contributed by atoms with Gasteiger partial charge in [0.05, 0.1) is 12.3 Å². The molecule has 2 rings (SSSR count). The van der Waals surface area contributed by atoms with E-state index in [1.54, 1.807) is 24.4 Å². The number of nitrogens with zero attached hydrogens (tertiary/aromatic N) is 2. The molecule has 0 aliphatic carbocycles. The van der Waals surface area contributed by atoms with Crippen molar-refractivity contribution < 1.29 is 9.50 Å². The maximum atomic E-state index is 13.6. The highest BCUT2D eigenvalue weighted by Gasteiger charge is 2.08.